The first-order valence-electron chi connectivity index (χ1n) is 5.22. The number of anilines is 1. The fourth-order valence-electron chi connectivity index (χ4n) is 1.15. The van der Waals surface area contributed by atoms with Gasteiger partial charge in [0.1, 0.15) is 5.82 Å². The second-order valence-corrected chi connectivity index (χ2v) is 5.26. The summed E-state index contributed by atoms with van der Waals surface area (Å²) in [6.45, 7) is 0.213. The summed E-state index contributed by atoms with van der Waals surface area (Å²) in [6.07, 6.45) is 0.257. The number of rotatable bonds is 6. The van der Waals surface area contributed by atoms with Crippen LogP contribution in [-0.2, 0) is 10.0 Å². The Balaban J connectivity index is 2.40. The van der Waals surface area contributed by atoms with E-state index in [-0.39, 0.29) is 24.4 Å². The summed E-state index contributed by atoms with van der Waals surface area (Å²) in [6, 6.07) is 3.14. The van der Waals surface area contributed by atoms with Crippen LogP contribution in [0.15, 0.2) is 12.1 Å². The van der Waals surface area contributed by atoms with E-state index in [4.69, 9.17) is 5.14 Å². The van der Waals surface area contributed by atoms with Gasteiger partial charge in [0.2, 0.25) is 10.0 Å². The van der Waals surface area contributed by atoms with E-state index in [1.165, 1.54) is 6.07 Å². The van der Waals surface area contributed by atoms with E-state index in [1.807, 2.05) is 0 Å². The lowest BCUT2D eigenvalue weighted by Crippen LogP contribution is -2.28. The Labute approximate surface area is 105 Å². The first-order valence-corrected chi connectivity index (χ1v) is 6.94. The lowest BCUT2D eigenvalue weighted by molar-refractivity contribution is 0.0947. The van der Waals surface area contributed by atoms with Crippen molar-refractivity contribution in [1.29, 1.82) is 0 Å². The fraction of sp³-hybridized carbons (Fsp3) is 0.444. The molecule has 1 heterocycles. The molecule has 0 aliphatic carbocycles. The molecule has 1 aromatic heterocycles. The summed E-state index contributed by atoms with van der Waals surface area (Å²) >= 11 is 0. The van der Waals surface area contributed by atoms with Gasteiger partial charge >= 0.3 is 0 Å². The smallest absolute Gasteiger partial charge is 0.271 e. The highest BCUT2D eigenvalue weighted by molar-refractivity contribution is 7.89. The zero-order chi connectivity index (χ0) is 13.6. The van der Waals surface area contributed by atoms with Crippen molar-refractivity contribution in [2.24, 2.45) is 5.14 Å². The van der Waals surface area contributed by atoms with Gasteiger partial charge in [0.25, 0.3) is 5.91 Å². The Morgan fingerprint density at radius 3 is 2.61 bits per heavy atom. The molecule has 0 radical (unpaired) electrons. The molecule has 0 unspecified atom stereocenters. The number of nitrogens with two attached hydrogens (primary N) is 1. The highest BCUT2D eigenvalue weighted by atomic mass is 32.2. The van der Waals surface area contributed by atoms with Crippen molar-refractivity contribution in [2.45, 2.75) is 6.42 Å². The normalized spacial score (nSPS) is 11.0. The minimum absolute atomic E-state index is 0.169. The van der Waals surface area contributed by atoms with E-state index in [2.05, 4.69) is 20.8 Å². The summed E-state index contributed by atoms with van der Waals surface area (Å²) in [5, 5.41) is 17.6. The van der Waals surface area contributed by atoms with Crippen LogP contribution in [0.5, 0.6) is 0 Å². The minimum Gasteiger partial charge on any atom is -0.372 e. The second-order valence-electron chi connectivity index (χ2n) is 3.53. The van der Waals surface area contributed by atoms with Crippen LogP contribution in [0.3, 0.4) is 0 Å². The number of sulfonamides is 1. The average Bonchev–Trinajstić information content (AvgIpc) is 2.33. The molecule has 0 spiro atoms. The van der Waals surface area contributed by atoms with Gasteiger partial charge in [-0.1, -0.05) is 0 Å². The number of aromatic nitrogens is 2. The summed E-state index contributed by atoms with van der Waals surface area (Å²) in [7, 11) is -1.79. The van der Waals surface area contributed by atoms with Crippen molar-refractivity contribution in [2.75, 3.05) is 24.7 Å². The van der Waals surface area contributed by atoms with Gasteiger partial charge < -0.3 is 10.6 Å². The third-order valence-electron chi connectivity index (χ3n) is 2.04. The lowest BCUT2D eigenvalue weighted by Gasteiger charge is -2.04. The summed E-state index contributed by atoms with van der Waals surface area (Å²) < 4.78 is 21.3. The van der Waals surface area contributed by atoms with Crippen LogP contribution in [0.1, 0.15) is 16.9 Å². The van der Waals surface area contributed by atoms with Crippen LogP contribution in [0, 0.1) is 0 Å². The largest absolute Gasteiger partial charge is 0.372 e. The predicted octanol–water partition coefficient (Wildman–Crippen LogP) is -1.07. The van der Waals surface area contributed by atoms with Crippen LogP contribution in [0.2, 0.25) is 0 Å². The summed E-state index contributed by atoms with van der Waals surface area (Å²) in [5.74, 6) is -0.0159. The van der Waals surface area contributed by atoms with Crippen molar-refractivity contribution in [3.05, 3.63) is 17.8 Å². The van der Waals surface area contributed by atoms with Crippen molar-refractivity contribution in [3.8, 4) is 0 Å². The van der Waals surface area contributed by atoms with Gasteiger partial charge in [-0.05, 0) is 18.6 Å². The molecule has 0 aromatic carbocycles. The van der Waals surface area contributed by atoms with E-state index < -0.39 is 15.9 Å². The summed E-state index contributed by atoms with van der Waals surface area (Å²) in [4.78, 5) is 11.6. The van der Waals surface area contributed by atoms with Crippen LogP contribution < -0.4 is 15.8 Å². The predicted molar refractivity (Wildman–Crippen MR) is 66.5 cm³/mol. The topological polar surface area (TPSA) is 127 Å². The Hall–Kier alpha value is -1.74. The van der Waals surface area contributed by atoms with Gasteiger partial charge in [0.15, 0.2) is 5.69 Å². The van der Waals surface area contributed by atoms with Gasteiger partial charge in [-0.3, -0.25) is 4.79 Å². The molecule has 1 rings (SSSR count). The average molecular weight is 273 g/mol. The van der Waals surface area contributed by atoms with E-state index in [1.54, 1.807) is 13.1 Å². The zero-order valence-electron chi connectivity index (χ0n) is 9.88. The number of carbonyl (C=O) groups excluding carboxylic acids is 1. The number of nitrogens with zero attached hydrogens (tertiary/aromatic N) is 2. The first kappa shape index (κ1) is 14.3. The first-order chi connectivity index (χ1) is 8.42. The maximum absolute atomic E-state index is 11.6. The quantitative estimate of drug-likeness (QED) is 0.566. The fourth-order valence-corrected chi connectivity index (χ4v) is 1.70. The van der Waals surface area contributed by atoms with E-state index in [0.717, 1.165) is 0 Å². The third-order valence-corrected chi connectivity index (χ3v) is 2.90. The number of hydrogen-bond donors (Lipinski definition) is 3. The van der Waals surface area contributed by atoms with Gasteiger partial charge in [-0.15, -0.1) is 10.2 Å². The number of carbonyl (C=O) groups is 1. The maximum atomic E-state index is 11.6. The highest BCUT2D eigenvalue weighted by Gasteiger charge is 2.08. The molecule has 0 aliphatic rings. The number of nitrogens with one attached hydrogen (secondary N) is 2. The SMILES string of the molecule is CNc1ccc(C(=O)NCCCS(N)(=O)=O)nn1. The molecule has 1 aromatic rings. The molecule has 100 valence electrons. The molecular formula is C9H15N5O3S. The molecule has 0 saturated carbocycles. The van der Waals surface area contributed by atoms with Crippen molar-refractivity contribution in [3.63, 3.8) is 0 Å². The third kappa shape index (κ3) is 5.06. The Morgan fingerprint density at radius 2 is 2.11 bits per heavy atom. The second kappa shape index (κ2) is 6.26. The minimum atomic E-state index is -3.48. The molecular weight excluding hydrogens is 258 g/mol. The van der Waals surface area contributed by atoms with Crippen LogP contribution >= 0.6 is 0 Å². The standard InChI is InChI=1S/C9H15N5O3S/c1-11-8-4-3-7(13-14-8)9(15)12-5-2-6-18(10,16)17/h3-4H,2,5-6H2,1H3,(H,11,14)(H,12,15)(H2,10,16,17). The molecule has 0 aliphatic heterocycles. The molecule has 18 heavy (non-hydrogen) atoms. The number of amides is 1. The van der Waals surface area contributed by atoms with Crippen LogP contribution in [0.4, 0.5) is 5.82 Å². The Morgan fingerprint density at radius 1 is 1.39 bits per heavy atom. The molecule has 0 atom stereocenters. The van der Waals surface area contributed by atoms with E-state index in [0.29, 0.717) is 5.82 Å². The highest BCUT2D eigenvalue weighted by Crippen LogP contribution is 2.00. The summed E-state index contributed by atoms with van der Waals surface area (Å²) in [5.41, 5.74) is 0.171. The number of hydrogen-bond acceptors (Lipinski definition) is 6. The zero-order valence-corrected chi connectivity index (χ0v) is 10.7. The van der Waals surface area contributed by atoms with Gasteiger partial charge in [0.05, 0.1) is 5.75 Å². The van der Waals surface area contributed by atoms with Gasteiger partial charge in [0, 0.05) is 13.6 Å². The molecule has 0 fully saturated rings. The van der Waals surface area contributed by atoms with Crippen LogP contribution in [-0.4, -0.2) is 43.9 Å². The Kier molecular flexibility index (Phi) is 4.98. The van der Waals surface area contributed by atoms with Gasteiger partial charge in [-0.2, -0.15) is 0 Å². The number of primary sulfonamides is 1. The van der Waals surface area contributed by atoms with Gasteiger partial charge in [-0.25, -0.2) is 13.6 Å². The maximum Gasteiger partial charge on any atom is 0.271 e. The van der Waals surface area contributed by atoms with E-state index in [9.17, 15) is 13.2 Å². The van der Waals surface area contributed by atoms with Crippen LogP contribution in [0.25, 0.3) is 0 Å². The molecule has 1 amide bonds. The molecule has 9 heteroatoms. The molecule has 8 nitrogen and oxygen atoms in total. The monoisotopic (exact) mass is 273 g/mol. The molecule has 0 saturated heterocycles. The molecule has 0 bridgehead atoms. The van der Waals surface area contributed by atoms with Crippen molar-refractivity contribution >= 4 is 21.7 Å². The van der Waals surface area contributed by atoms with E-state index >= 15 is 0 Å². The molecule has 4 N–H and O–H groups in total. The lowest BCUT2D eigenvalue weighted by atomic mass is 10.3. The Bertz CT molecular complexity index is 499. The van der Waals surface area contributed by atoms with Crippen molar-refractivity contribution < 1.29 is 13.2 Å². The van der Waals surface area contributed by atoms with Crippen molar-refractivity contribution in [1.82, 2.24) is 15.5 Å².